The number of carbonyl (C=O) groups is 1. The van der Waals surface area contributed by atoms with Gasteiger partial charge in [0.2, 0.25) is 0 Å². The van der Waals surface area contributed by atoms with Crippen LogP contribution < -0.4 is 10.2 Å². The number of aryl methyl sites for hydroxylation is 2. The van der Waals surface area contributed by atoms with Gasteiger partial charge in [-0.2, -0.15) is 5.26 Å². The maximum absolute atomic E-state index is 12.7. The number of amides is 1. The molecule has 0 bridgehead atoms. The SMILES string of the molecule is CC1=CC(C)(C)N(C)c2cc(Cl)c(/C=C(/C#N)C(=O)Nc3cc(C)cc(C)c3)cc21. The summed E-state index contributed by atoms with van der Waals surface area (Å²) >= 11 is 6.54. The van der Waals surface area contributed by atoms with E-state index in [-0.39, 0.29) is 11.1 Å². The van der Waals surface area contributed by atoms with Gasteiger partial charge in [0.25, 0.3) is 5.91 Å². The van der Waals surface area contributed by atoms with Gasteiger partial charge in [-0.3, -0.25) is 4.79 Å². The fourth-order valence-electron chi connectivity index (χ4n) is 3.85. The first-order valence-electron chi connectivity index (χ1n) is 9.80. The van der Waals surface area contributed by atoms with Crippen molar-refractivity contribution in [1.82, 2.24) is 0 Å². The van der Waals surface area contributed by atoms with Crippen molar-refractivity contribution in [3.05, 3.63) is 69.3 Å². The van der Waals surface area contributed by atoms with Crippen molar-refractivity contribution in [3.63, 3.8) is 0 Å². The molecule has 0 fully saturated rings. The Morgan fingerprint density at radius 2 is 1.77 bits per heavy atom. The van der Waals surface area contributed by atoms with Gasteiger partial charge in [0.05, 0.1) is 5.54 Å². The molecule has 2 aromatic rings. The predicted octanol–water partition coefficient (Wildman–Crippen LogP) is 6.13. The minimum absolute atomic E-state index is 0.00198. The highest BCUT2D eigenvalue weighted by molar-refractivity contribution is 6.32. The normalized spacial score (nSPS) is 15.2. The number of allylic oxidation sites excluding steroid dienone is 1. The number of nitrogens with one attached hydrogen (secondary N) is 1. The molecule has 154 valence electrons. The van der Waals surface area contributed by atoms with Crippen molar-refractivity contribution in [1.29, 1.82) is 5.26 Å². The molecule has 0 saturated carbocycles. The lowest BCUT2D eigenvalue weighted by Gasteiger charge is -2.40. The molecule has 30 heavy (non-hydrogen) atoms. The van der Waals surface area contributed by atoms with E-state index in [1.807, 2.05) is 57.3 Å². The third kappa shape index (κ3) is 4.27. The second-order valence-corrected chi connectivity index (χ2v) is 8.84. The second kappa shape index (κ2) is 8.01. The minimum Gasteiger partial charge on any atom is -0.365 e. The third-order valence-corrected chi connectivity index (χ3v) is 5.81. The molecule has 0 radical (unpaired) electrons. The highest BCUT2D eigenvalue weighted by Crippen LogP contribution is 2.40. The monoisotopic (exact) mass is 419 g/mol. The lowest BCUT2D eigenvalue weighted by atomic mass is 9.88. The Kier molecular flexibility index (Phi) is 5.78. The molecule has 1 amide bonds. The van der Waals surface area contributed by atoms with E-state index in [0.717, 1.165) is 28.0 Å². The van der Waals surface area contributed by atoms with Crippen LogP contribution in [0.15, 0.2) is 42.0 Å². The van der Waals surface area contributed by atoms with Gasteiger partial charge in [-0.05, 0) is 87.2 Å². The Hall–Kier alpha value is -3.03. The number of anilines is 2. The van der Waals surface area contributed by atoms with Gasteiger partial charge in [0.15, 0.2) is 0 Å². The number of hydrogen-bond donors (Lipinski definition) is 1. The van der Waals surface area contributed by atoms with Crippen LogP contribution in [0.5, 0.6) is 0 Å². The van der Waals surface area contributed by atoms with E-state index in [1.165, 1.54) is 0 Å². The summed E-state index contributed by atoms with van der Waals surface area (Å²) in [5, 5.41) is 12.9. The first-order chi connectivity index (χ1) is 14.0. The van der Waals surface area contributed by atoms with Gasteiger partial charge in [-0.15, -0.1) is 0 Å². The Balaban J connectivity index is 1.98. The fourth-order valence-corrected chi connectivity index (χ4v) is 4.06. The summed E-state index contributed by atoms with van der Waals surface area (Å²) in [6, 6.07) is 11.6. The maximum atomic E-state index is 12.7. The summed E-state index contributed by atoms with van der Waals surface area (Å²) in [6.07, 6.45) is 3.75. The van der Waals surface area contributed by atoms with Crippen molar-refractivity contribution in [3.8, 4) is 6.07 Å². The molecule has 1 N–H and O–H groups in total. The average Bonchev–Trinajstić information content (AvgIpc) is 2.63. The quantitative estimate of drug-likeness (QED) is 0.480. The number of likely N-dealkylation sites (N-methyl/N-ethyl adjacent to an activating group) is 1. The molecular weight excluding hydrogens is 394 g/mol. The Morgan fingerprint density at radius 1 is 1.13 bits per heavy atom. The van der Waals surface area contributed by atoms with E-state index >= 15 is 0 Å². The number of nitrogens with zero attached hydrogens (tertiary/aromatic N) is 2. The zero-order chi connectivity index (χ0) is 22.2. The summed E-state index contributed by atoms with van der Waals surface area (Å²) in [7, 11) is 2.03. The fraction of sp³-hybridized carbons (Fsp3) is 0.280. The lowest BCUT2D eigenvalue weighted by molar-refractivity contribution is -0.112. The largest absolute Gasteiger partial charge is 0.365 e. The van der Waals surface area contributed by atoms with E-state index in [1.54, 1.807) is 6.08 Å². The van der Waals surface area contributed by atoms with Gasteiger partial charge >= 0.3 is 0 Å². The van der Waals surface area contributed by atoms with Crippen molar-refractivity contribution >= 4 is 40.5 Å². The van der Waals surface area contributed by atoms with E-state index in [9.17, 15) is 10.1 Å². The summed E-state index contributed by atoms with van der Waals surface area (Å²) < 4.78 is 0. The Bertz CT molecular complexity index is 1120. The van der Waals surface area contributed by atoms with Crippen LogP contribution in [0, 0.1) is 25.2 Å². The van der Waals surface area contributed by atoms with Crippen LogP contribution in [0.2, 0.25) is 5.02 Å². The van der Waals surface area contributed by atoms with Crippen LogP contribution in [-0.2, 0) is 4.79 Å². The summed E-state index contributed by atoms with van der Waals surface area (Å²) in [6.45, 7) is 10.3. The van der Waals surface area contributed by atoms with Gasteiger partial charge in [-0.1, -0.05) is 23.7 Å². The standard InChI is InChI=1S/C25H26ClN3O/c1-15-7-16(2)9-20(8-15)28-24(30)19(14-27)10-18-11-21-17(3)13-25(4,5)29(6)23(21)12-22(18)26/h7-13H,1-6H3,(H,28,30)/b19-10-. The van der Waals surface area contributed by atoms with Gasteiger partial charge in [-0.25, -0.2) is 0 Å². The third-order valence-electron chi connectivity index (χ3n) is 5.48. The van der Waals surface area contributed by atoms with Crippen LogP contribution in [0.25, 0.3) is 11.6 Å². The zero-order valence-electron chi connectivity index (χ0n) is 18.2. The van der Waals surface area contributed by atoms with Gasteiger partial charge in [0, 0.05) is 29.0 Å². The van der Waals surface area contributed by atoms with Crippen molar-refractivity contribution in [2.45, 2.75) is 40.2 Å². The van der Waals surface area contributed by atoms with Gasteiger partial charge in [0.1, 0.15) is 11.6 Å². The topological polar surface area (TPSA) is 56.1 Å². The molecule has 2 aromatic carbocycles. The number of benzene rings is 2. The lowest BCUT2D eigenvalue weighted by Crippen LogP contribution is -2.42. The first-order valence-corrected chi connectivity index (χ1v) is 10.2. The van der Waals surface area contributed by atoms with Gasteiger partial charge < -0.3 is 10.2 Å². The molecule has 5 heteroatoms. The minimum atomic E-state index is -0.457. The molecular formula is C25H26ClN3O. The first kappa shape index (κ1) is 21.7. The Morgan fingerprint density at radius 3 is 2.37 bits per heavy atom. The van der Waals surface area contributed by atoms with Crippen LogP contribution in [0.4, 0.5) is 11.4 Å². The zero-order valence-corrected chi connectivity index (χ0v) is 19.0. The summed E-state index contributed by atoms with van der Waals surface area (Å²) in [4.78, 5) is 14.9. The highest BCUT2D eigenvalue weighted by atomic mass is 35.5. The average molecular weight is 420 g/mol. The number of rotatable bonds is 3. The van der Waals surface area contributed by atoms with Crippen LogP contribution in [-0.4, -0.2) is 18.5 Å². The van der Waals surface area contributed by atoms with E-state index in [2.05, 4.69) is 37.1 Å². The Labute approximate surface area is 183 Å². The molecule has 0 saturated heterocycles. The molecule has 0 aliphatic carbocycles. The maximum Gasteiger partial charge on any atom is 0.266 e. The number of carbonyl (C=O) groups excluding carboxylic acids is 1. The van der Waals surface area contributed by atoms with Crippen LogP contribution >= 0.6 is 11.6 Å². The molecule has 0 unspecified atom stereocenters. The second-order valence-electron chi connectivity index (χ2n) is 8.43. The van der Waals surface area contributed by atoms with Crippen molar-refractivity contribution in [2.24, 2.45) is 0 Å². The smallest absolute Gasteiger partial charge is 0.266 e. The molecule has 1 heterocycles. The van der Waals surface area contributed by atoms with Crippen molar-refractivity contribution < 1.29 is 4.79 Å². The molecule has 1 aliphatic rings. The highest BCUT2D eigenvalue weighted by Gasteiger charge is 2.29. The molecule has 4 nitrogen and oxygen atoms in total. The van der Waals surface area contributed by atoms with Crippen LogP contribution in [0.1, 0.15) is 43.0 Å². The van der Waals surface area contributed by atoms with E-state index in [0.29, 0.717) is 16.3 Å². The molecule has 0 spiro atoms. The predicted molar refractivity (Wildman–Crippen MR) is 126 cm³/mol. The molecule has 0 aromatic heterocycles. The van der Waals surface area contributed by atoms with Crippen molar-refractivity contribution in [2.75, 3.05) is 17.3 Å². The number of hydrogen-bond acceptors (Lipinski definition) is 3. The summed E-state index contributed by atoms with van der Waals surface area (Å²) in [5.41, 5.74) is 6.47. The van der Waals surface area contributed by atoms with E-state index < -0.39 is 5.91 Å². The number of nitriles is 1. The number of halogens is 1. The molecule has 1 aliphatic heterocycles. The summed E-state index contributed by atoms with van der Waals surface area (Å²) in [5.74, 6) is -0.457. The number of fused-ring (bicyclic) bond motifs is 1. The molecule has 0 atom stereocenters. The van der Waals surface area contributed by atoms with E-state index in [4.69, 9.17) is 11.6 Å². The van der Waals surface area contributed by atoms with Crippen LogP contribution in [0.3, 0.4) is 0 Å². The molecule has 3 rings (SSSR count).